The van der Waals surface area contributed by atoms with Crippen molar-refractivity contribution in [2.24, 2.45) is 0 Å². The molecule has 2 saturated heterocycles. The van der Waals surface area contributed by atoms with Crippen molar-refractivity contribution in [2.45, 2.75) is 63.2 Å². The Hall–Kier alpha value is 0.270. The van der Waals surface area contributed by atoms with Crippen LogP contribution in [0.15, 0.2) is 0 Å². The SMILES string of the molecule is CCCN1CCCC(NCC2(C)CCCS2)CC1. The van der Waals surface area contributed by atoms with Gasteiger partial charge in [0.05, 0.1) is 0 Å². The Morgan fingerprint density at radius 3 is 2.89 bits per heavy atom. The van der Waals surface area contributed by atoms with Crippen molar-refractivity contribution < 1.29 is 0 Å². The van der Waals surface area contributed by atoms with Crippen molar-refractivity contribution in [3.8, 4) is 0 Å². The lowest BCUT2D eigenvalue weighted by Crippen LogP contribution is -2.40. The molecule has 0 bridgehead atoms. The average molecular weight is 270 g/mol. The summed E-state index contributed by atoms with van der Waals surface area (Å²) in [4.78, 5) is 2.65. The second-order valence-corrected chi connectivity index (χ2v) is 7.93. The van der Waals surface area contributed by atoms with Crippen LogP contribution in [0.4, 0.5) is 0 Å². The Labute approximate surface area is 117 Å². The van der Waals surface area contributed by atoms with Crippen molar-refractivity contribution in [1.29, 1.82) is 0 Å². The van der Waals surface area contributed by atoms with E-state index in [4.69, 9.17) is 0 Å². The molecule has 2 aliphatic heterocycles. The zero-order chi connectivity index (χ0) is 12.8. The maximum Gasteiger partial charge on any atom is 0.0256 e. The molecule has 2 unspecified atom stereocenters. The monoisotopic (exact) mass is 270 g/mol. The highest BCUT2D eigenvalue weighted by molar-refractivity contribution is 8.00. The van der Waals surface area contributed by atoms with Crippen LogP contribution in [0.3, 0.4) is 0 Å². The summed E-state index contributed by atoms with van der Waals surface area (Å²) in [7, 11) is 0. The third-order valence-electron chi connectivity index (χ3n) is 4.43. The molecule has 2 rings (SSSR count). The minimum atomic E-state index is 0.523. The maximum absolute atomic E-state index is 3.86. The van der Waals surface area contributed by atoms with Gasteiger partial charge in [0, 0.05) is 17.3 Å². The summed E-state index contributed by atoms with van der Waals surface area (Å²) < 4.78 is 0.523. The summed E-state index contributed by atoms with van der Waals surface area (Å²) in [5.41, 5.74) is 0. The summed E-state index contributed by atoms with van der Waals surface area (Å²) in [5.74, 6) is 1.37. The van der Waals surface area contributed by atoms with E-state index in [1.54, 1.807) is 0 Å². The van der Waals surface area contributed by atoms with Crippen LogP contribution in [0.25, 0.3) is 0 Å². The quantitative estimate of drug-likeness (QED) is 0.826. The largest absolute Gasteiger partial charge is 0.313 e. The van der Waals surface area contributed by atoms with Crippen molar-refractivity contribution >= 4 is 11.8 Å². The first-order valence-electron chi connectivity index (χ1n) is 7.81. The van der Waals surface area contributed by atoms with E-state index in [9.17, 15) is 0 Å². The van der Waals surface area contributed by atoms with Gasteiger partial charge in [-0.2, -0.15) is 11.8 Å². The van der Waals surface area contributed by atoms with E-state index in [-0.39, 0.29) is 0 Å². The third-order valence-corrected chi connectivity index (χ3v) is 5.96. The Bertz CT molecular complexity index is 239. The smallest absolute Gasteiger partial charge is 0.0256 e. The van der Waals surface area contributed by atoms with Gasteiger partial charge in [-0.15, -0.1) is 0 Å². The number of hydrogen-bond acceptors (Lipinski definition) is 3. The van der Waals surface area contributed by atoms with Gasteiger partial charge in [0.1, 0.15) is 0 Å². The van der Waals surface area contributed by atoms with Crippen molar-refractivity contribution in [1.82, 2.24) is 10.2 Å². The number of nitrogens with one attached hydrogen (secondary N) is 1. The first-order valence-corrected chi connectivity index (χ1v) is 8.80. The van der Waals surface area contributed by atoms with Crippen LogP contribution in [-0.2, 0) is 0 Å². The molecule has 2 atom stereocenters. The third kappa shape index (κ3) is 4.43. The molecule has 2 fully saturated rings. The number of nitrogens with zero attached hydrogens (tertiary/aromatic N) is 1. The number of hydrogen-bond donors (Lipinski definition) is 1. The van der Waals surface area contributed by atoms with Crippen LogP contribution in [0, 0.1) is 0 Å². The fourth-order valence-corrected chi connectivity index (χ4v) is 4.49. The summed E-state index contributed by atoms with van der Waals surface area (Å²) in [6, 6.07) is 0.768. The molecule has 3 heteroatoms. The highest BCUT2D eigenvalue weighted by Crippen LogP contribution is 2.37. The van der Waals surface area contributed by atoms with Crippen LogP contribution in [0.2, 0.25) is 0 Å². The first kappa shape index (κ1) is 14.7. The van der Waals surface area contributed by atoms with Gasteiger partial charge in [-0.3, -0.25) is 0 Å². The Morgan fingerprint density at radius 1 is 1.28 bits per heavy atom. The second-order valence-electron chi connectivity index (χ2n) is 6.25. The molecule has 0 aromatic rings. The fraction of sp³-hybridized carbons (Fsp3) is 1.00. The predicted molar refractivity (Wildman–Crippen MR) is 82.5 cm³/mol. The van der Waals surface area contributed by atoms with Crippen LogP contribution in [-0.4, -0.2) is 47.6 Å². The zero-order valence-corrected chi connectivity index (χ0v) is 13.0. The van der Waals surface area contributed by atoms with Crippen molar-refractivity contribution in [3.63, 3.8) is 0 Å². The van der Waals surface area contributed by atoms with Gasteiger partial charge in [0.25, 0.3) is 0 Å². The maximum atomic E-state index is 3.86. The Balaban J connectivity index is 1.70. The molecule has 18 heavy (non-hydrogen) atoms. The van der Waals surface area contributed by atoms with E-state index >= 15 is 0 Å². The second kappa shape index (κ2) is 7.16. The topological polar surface area (TPSA) is 15.3 Å². The summed E-state index contributed by atoms with van der Waals surface area (Å²) >= 11 is 2.17. The van der Waals surface area contributed by atoms with Crippen LogP contribution in [0.1, 0.15) is 52.4 Å². The lowest BCUT2D eigenvalue weighted by molar-refractivity contribution is 0.282. The summed E-state index contributed by atoms with van der Waals surface area (Å²) in [6.45, 7) is 9.86. The highest BCUT2D eigenvalue weighted by Gasteiger charge is 2.30. The van der Waals surface area contributed by atoms with Crippen LogP contribution < -0.4 is 5.32 Å². The van der Waals surface area contributed by atoms with Crippen LogP contribution in [0.5, 0.6) is 0 Å². The van der Waals surface area contributed by atoms with Gasteiger partial charge >= 0.3 is 0 Å². The van der Waals surface area contributed by atoms with E-state index in [1.165, 1.54) is 70.5 Å². The number of rotatable bonds is 5. The molecule has 0 radical (unpaired) electrons. The molecule has 1 N–H and O–H groups in total. The molecule has 0 saturated carbocycles. The molecule has 0 aliphatic carbocycles. The van der Waals surface area contributed by atoms with E-state index in [0.717, 1.165) is 6.04 Å². The molecular formula is C15H30N2S. The van der Waals surface area contributed by atoms with E-state index in [1.807, 2.05) is 0 Å². The molecule has 106 valence electrons. The van der Waals surface area contributed by atoms with Gasteiger partial charge in [0.2, 0.25) is 0 Å². The first-order chi connectivity index (χ1) is 8.72. The summed E-state index contributed by atoms with van der Waals surface area (Å²) in [5, 5.41) is 3.86. The van der Waals surface area contributed by atoms with Crippen molar-refractivity contribution in [3.05, 3.63) is 0 Å². The lowest BCUT2D eigenvalue weighted by Gasteiger charge is -2.27. The molecule has 0 spiro atoms. The van der Waals surface area contributed by atoms with Gasteiger partial charge < -0.3 is 10.2 Å². The minimum Gasteiger partial charge on any atom is -0.313 e. The molecule has 0 aromatic carbocycles. The molecule has 0 amide bonds. The zero-order valence-electron chi connectivity index (χ0n) is 12.2. The number of likely N-dealkylation sites (tertiary alicyclic amines) is 1. The summed E-state index contributed by atoms with van der Waals surface area (Å²) in [6.07, 6.45) is 8.22. The van der Waals surface area contributed by atoms with Gasteiger partial charge in [0.15, 0.2) is 0 Å². The van der Waals surface area contributed by atoms with E-state index in [0.29, 0.717) is 4.75 Å². The predicted octanol–water partition coefficient (Wildman–Crippen LogP) is 3.13. The minimum absolute atomic E-state index is 0.523. The van der Waals surface area contributed by atoms with Gasteiger partial charge in [-0.1, -0.05) is 6.92 Å². The Kier molecular flexibility index (Phi) is 5.84. The van der Waals surface area contributed by atoms with Crippen LogP contribution >= 0.6 is 11.8 Å². The van der Waals surface area contributed by atoms with E-state index < -0.39 is 0 Å². The average Bonchev–Trinajstić information content (AvgIpc) is 2.66. The number of thioether (sulfide) groups is 1. The Morgan fingerprint density at radius 2 is 2.17 bits per heavy atom. The van der Waals surface area contributed by atoms with E-state index in [2.05, 4.69) is 35.8 Å². The normalized spacial score (nSPS) is 34.7. The van der Waals surface area contributed by atoms with Gasteiger partial charge in [-0.05, 0) is 70.8 Å². The van der Waals surface area contributed by atoms with Crippen molar-refractivity contribution in [2.75, 3.05) is 31.9 Å². The molecule has 2 heterocycles. The lowest BCUT2D eigenvalue weighted by atomic mass is 10.0. The van der Waals surface area contributed by atoms with Gasteiger partial charge in [-0.25, -0.2) is 0 Å². The molecule has 2 nitrogen and oxygen atoms in total. The molecule has 0 aromatic heterocycles. The standard InChI is InChI=1S/C15H30N2S/c1-3-9-17-10-4-6-14(7-11-17)16-13-15(2)8-5-12-18-15/h14,16H,3-13H2,1-2H3. The fourth-order valence-electron chi connectivity index (χ4n) is 3.24. The molecule has 2 aliphatic rings. The highest BCUT2D eigenvalue weighted by atomic mass is 32.2. The molecular weight excluding hydrogens is 240 g/mol.